The van der Waals surface area contributed by atoms with Gasteiger partial charge in [0.15, 0.2) is 11.6 Å². The first-order chi connectivity index (χ1) is 12.4. The summed E-state index contributed by atoms with van der Waals surface area (Å²) in [6.07, 6.45) is 8.94. The summed E-state index contributed by atoms with van der Waals surface area (Å²) < 4.78 is 0. The van der Waals surface area contributed by atoms with Crippen molar-refractivity contribution in [2.45, 2.75) is 39.0 Å². The number of ketones is 1. The van der Waals surface area contributed by atoms with Gasteiger partial charge in [0.1, 0.15) is 0 Å². The van der Waals surface area contributed by atoms with Crippen molar-refractivity contribution in [3.63, 3.8) is 0 Å². The number of nitrogens with zero attached hydrogens (tertiary/aromatic N) is 4. The van der Waals surface area contributed by atoms with Crippen LogP contribution in [0.15, 0.2) is 42.5 Å². The summed E-state index contributed by atoms with van der Waals surface area (Å²) in [4.78, 5) is 29.8. The Morgan fingerprint density at radius 3 is 2.77 bits per heavy atom. The Morgan fingerprint density at radius 1 is 1.27 bits per heavy atom. The predicted molar refractivity (Wildman–Crippen MR) is 97.9 cm³/mol. The molecule has 0 fully saturated rings. The molecule has 0 aromatic carbocycles. The van der Waals surface area contributed by atoms with Gasteiger partial charge < -0.3 is 4.79 Å². The number of hydrogen-bond donors (Lipinski definition) is 0. The minimum absolute atomic E-state index is 0.0556. The first kappa shape index (κ1) is 16.6. The van der Waals surface area contributed by atoms with Crippen molar-refractivity contribution in [2.75, 3.05) is 0 Å². The molecule has 26 heavy (non-hydrogen) atoms. The Hall–Kier alpha value is -2.87. The van der Waals surface area contributed by atoms with Crippen LogP contribution < -0.4 is 0 Å². The highest BCUT2D eigenvalue weighted by molar-refractivity contribution is 6.02. The molecule has 2 heterocycles. The van der Waals surface area contributed by atoms with Gasteiger partial charge in [0, 0.05) is 35.0 Å². The quantitative estimate of drug-likeness (QED) is 0.739. The molecule has 2 aliphatic rings. The third-order valence-corrected chi connectivity index (χ3v) is 5.97. The second-order valence-electron chi connectivity index (χ2n) is 7.88. The Bertz CT molecular complexity index is 971. The lowest BCUT2D eigenvalue weighted by Crippen LogP contribution is -2.51. The van der Waals surface area contributed by atoms with Crippen LogP contribution in [0.2, 0.25) is 0 Å². The molecule has 0 aliphatic heterocycles. The predicted octanol–water partition coefficient (Wildman–Crippen LogP) is 3.77. The van der Waals surface area contributed by atoms with Gasteiger partial charge in [-0.05, 0) is 36.5 Å². The van der Waals surface area contributed by atoms with Gasteiger partial charge in [-0.25, -0.2) is 14.8 Å². The van der Waals surface area contributed by atoms with Crippen molar-refractivity contribution in [1.29, 1.82) is 0 Å². The fourth-order valence-electron chi connectivity index (χ4n) is 4.66. The van der Waals surface area contributed by atoms with Gasteiger partial charge in [0.2, 0.25) is 5.70 Å². The number of pyridine rings is 1. The maximum absolute atomic E-state index is 12.8. The molecule has 0 N–H and O–H groups in total. The number of fused-ring (bicyclic) bond motifs is 3. The normalized spacial score (nSPS) is 26.3. The lowest BCUT2D eigenvalue weighted by atomic mass is 9.53. The number of carbonyl (C=O) groups is 1. The lowest BCUT2D eigenvalue weighted by molar-refractivity contribution is -0.128. The molecule has 0 saturated carbocycles. The van der Waals surface area contributed by atoms with E-state index in [0.717, 1.165) is 29.7 Å². The summed E-state index contributed by atoms with van der Waals surface area (Å²) >= 11 is 0. The number of hydrogen-bond acceptors (Lipinski definition) is 4. The third kappa shape index (κ3) is 2.22. The van der Waals surface area contributed by atoms with Crippen LogP contribution in [0.5, 0.6) is 0 Å². The van der Waals surface area contributed by atoms with Crippen LogP contribution in [0.4, 0.5) is 0 Å². The van der Waals surface area contributed by atoms with Crippen molar-refractivity contribution in [1.82, 2.24) is 15.0 Å². The summed E-state index contributed by atoms with van der Waals surface area (Å²) in [6.45, 7) is 13.5. The van der Waals surface area contributed by atoms with Crippen LogP contribution in [0.3, 0.4) is 0 Å². The molecule has 0 unspecified atom stereocenters. The maximum Gasteiger partial charge on any atom is 0.226 e. The van der Waals surface area contributed by atoms with Gasteiger partial charge in [-0.3, -0.25) is 4.98 Å². The van der Waals surface area contributed by atoms with Crippen molar-refractivity contribution in [3.05, 3.63) is 65.2 Å². The molecular formula is C21H20N4O. The fraction of sp³-hybridized carbons (Fsp3) is 0.381. The van der Waals surface area contributed by atoms with E-state index in [1.54, 1.807) is 12.4 Å². The minimum Gasteiger partial charge on any atom is -0.307 e. The summed E-state index contributed by atoms with van der Waals surface area (Å²) in [5.41, 5.74) is 2.08. The zero-order valence-corrected chi connectivity index (χ0v) is 15.2. The fourth-order valence-corrected chi connectivity index (χ4v) is 4.66. The monoisotopic (exact) mass is 344 g/mol. The van der Waals surface area contributed by atoms with Gasteiger partial charge in [-0.1, -0.05) is 26.8 Å². The standard InChI is InChI=1S/C21H20N4O/c1-20(2)16-8-7-13-12-24-19(14-6-5-9-23-11-14)25-17(13)21(16,3)10-15(22-4)18(20)26/h5-6,9-12,16H,7-8H2,1-3H3/t16-,21-/m0/s1. The molecule has 0 amide bonds. The zero-order valence-electron chi connectivity index (χ0n) is 15.2. The van der Waals surface area contributed by atoms with E-state index in [9.17, 15) is 4.79 Å². The van der Waals surface area contributed by atoms with E-state index < -0.39 is 10.8 Å². The number of allylic oxidation sites excluding steroid dienone is 2. The van der Waals surface area contributed by atoms with Crippen molar-refractivity contribution in [3.8, 4) is 11.4 Å². The molecular weight excluding hydrogens is 324 g/mol. The van der Waals surface area contributed by atoms with Crippen molar-refractivity contribution in [2.24, 2.45) is 11.3 Å². The molecule has 4 rings (SSSR count). The highest BCUT2D eigenvalue weighted by Gasteiger charge is 2.54. The molecule has 2 aromatic heterocycles. The second-order valence-corrected chi connectivity index (χ2v) is 7.88. The first-order valence-corrected chi connectivity index (χ1v) is 8.80. The first-order valence-electron chi connectivity index (χ1n) is 8.80. The second kappa shape index (κ2) is 5.57. The highest BCUT2D eigenvalue weighted by atomic mass is 16.1. The van der Waals surface area contributed by atoms with Gasteiger partial charge in [-0.2, -0.15) is 0 Å². The minimum atomic E-state index is -0.583. The van der Waals surface area contributed by atoms with Crippen LogP contribution in [-0.4, -0.2) is 20.7 Å². The van der Waals surface area contributed by atoms with Gasteiger partial charge in [0.25, 0.3) is 0 Å². The Labute approximate surface area is 153 Å². The Balaban J connectivity index is 1.94. The number of Topliss-reactive ketones (excluding diaryl/α,β-unsaturated/α-hetero) is 1. The Morgan fingerprint density at radius 2 is 2.08 bits per heavy atom. The third-order valence-electron chi connectivity index (χ3n) is 5.97. The molecule has 2 atom stereocenters. The van der Waals surface area contributed by atoms with Crippen LogP contribution in [0.25, 0.3) is 16.2 Å². The molecule has 0 radical (unpaired) electrons. The van der Waals surface area contributed by atoms with E-state index in [0.29, 0.717) is 5.82 Å². The van der Waals surface area contributed by atoms with Crippen molar-refractivity contribution < 1.29 is 4.79 Å². The largest absolute Gasteiger partial charge is 0.307 e. The van der Waals surface area contributed by atoms with E-state index in [4.69, 9.17) is 11.6 Å². The molecule has 0 spiro atoms. The molecule has 0 saturated heterocycles. The molecule has 2 aromatic rings. The molecule has 130 valence electrons. The summed E-state index contributed by atoms with van der Waals surface area (Å²) in [6, 6.07) is 3.80. The van der Waals surface area contributed by atoms with Crippen LogP contribution >= 0.6 is 0 Å². The van der Waals surface area contributed by atoms with E-state index in [2.05, 4.69) is 21.7 Å². The summed E-state index contributed by atoms with van der Waals surface area (Å²) in [7, 11) is 0. The SMILES string of the molecule is [C-]#[N+]C1=C[C@]2(C)c3nc(-c4cccnc4)ncc3CC[C@H]2C(C)(C)C1=O. The average molecular weight is 344 g/mol. The Kier molecular flexibility index (Phi) is 3.55. The van der Waals surface area contributed by atoms with Gasteiger partial charge in [-0.15, -0.1) is 0 Å². The summed E-state index contributed by atoms with van der Waals surface area (Å²) in [5.74, 6) is 0.684. The van der Waals surface area contributed by atoms with Crippen molar-refractivity contribution >= 4 is 5.78 Å². The van der Waals surface area contributed by atoms with Crippen LogP contribution in [0.1, 0.15) is 38.4 Å². The van der Waals surface area contributed by atoms with Crippen LogP contribution in [-0.2, 0) is 16.6 Å². The maximum atomic E-state index is 12.8. The number of rotatable bonds is 1. The van der Waals surface area contributed by atoms with E-state index >= 15 is 0 Å². The topological polar surface area (TPSA) is 60.1 Å². The number of carbonyl (C=O) groups excluding carboxylic acids is 1. The average Bonchev–Trinajstić information content (AvgIpc) is 2.65. The van der Waals surface area contributed by atoms with E-state index in [1.165, 1.54) is 0 Å². The van der Waals surface area contributed by atoms with Gasteiger partial charge in [0.05, 0.1) is 12.3 Å². The molecule has 5 heteroatoms. The number of aromatic nitrogens is 3. The molecule has 0 bridgehead atoms. The molecule has 5 nitrogen and oxygen atoms in total. The smallest absolute Gasteiger partial charge is 0.226 e. The van der Waals surface area contributed by atoms with E-state index in [1.807, 2.05) is 38.3 Å². The lowest BCUT2D eigenvalue weighted by Gasteiger charge is -2.50. The molecule has 2 aliphatic carbocycles. The van der Waals surface area contributed by atoms with Gasteiger partial charge >= 0.3 is 0 Å². The zero-order chi connectivity index (χ0) is 18.5. The highest BCUT2D eigenvalue weighted by Crippen LogP contribution is 2.54. The number of aryl methyl sites for hydroxylation is 1. The van der Waals surface area contributed by atoms with Crippen LogP contribution in [0, 0.1) is 17.9 Å². The summed E-state index contributed by atoms with van der Waals surface area (Å²) in [5, 5.41) is 0. The van der Waals surface area contributed by atoms with E-state index in [-0.39, 0.29) is 17.4 Å².